The van der Waals surface area contributed by atoms with Crippen molar-refractivity contribution < 1.29 is 14.1 Å². The average Bonchev–Trinajstić information content (AvgIpc) is 3.04. The molecule has 9 heteroatoms. The Balaban J connectivity index is 1.50. The monoisotopic (exact) mass is 380 g/mol. The molecule has 0 saturated heterocycles. The van der Waals surface area contributed by atoms with Crippen LogP contribution in [0.3, 0.4) is 0 Å². The highest BCUT2D eigenvalue weighted by molar-refractivity contribution is 6.30. The van der Waals surface area contributed by atoms with Crippen molar-refractivity contribution in [2.45, 2.75) is 32.1 Å². The van der Waals surface area contributed by atoms with Gasteiger partial charge in [-0.25, -0.2) is 4.79 Å². The Hall–Kier alpha value is -2.61. The van der Waals surface area contributed by atoms with Crippen LogP contribution in [-0.4, -0.2) is 35.0 Å². The third-order valence-corrected chi connectivity index (χ3v) is 3.89. The number of hydrogen-bond acceptors (Lipinski definition) is 5. The summed E-state index contributed by atoms with van der Waals surface area (Å²) in [5.41, 5.74) is 0.522. The predicted octanol–water partition coefficient (Wildman–Crippen LogP) is 1.67. The first kappa shape index (κ1) is 19.7. The first-order chi connectivity index (χ1) is 12.5. The van der Waals surface area contributed by atoms with Crippen LogP contribution < -0.4 is 16.4 Å². The molecular formula is C17H21ClN4O4. The molecule has 140 valence electrons. The molecule has 2 amide bonds. The lowest BCUT2D eigenvalue weighted by Crippen LogP contribution is -2.34. The Morgan fingerprint density at radius 1 is 1.08 bits per heavy atom. The number of nitrogens with zero attached hydrogens (tertiary/aromatic N) is 1. The molecule has 0 atom stereocenters. The van der Waals surface area contributed by atoms with Crippen LogP contribution in [0, 0.1) is 0 Å². The maximum Gasteiger partial charge on any atom is 0.438 e. The highest BCUT2D eigenvalue weighted by atomic mass is 35.5. The van der Waals surface area contributed by atoms with Gasteiger partial charge in [-0.15, -0.1) is 0 Å². The summed E-state index contributed by atoms with van der Waals surface area (Å²) < 4.78 is 4.40. The summed E-state index contributed by atoms with van der Waals surface area (Å²) in [4.78, 5) is 36.8. The van der Waals surface area contributed by atoms with Crippen molar-refractivity contribution in [1.29, 1.82) is 0 Å². The number of amides is 2. The number of aromatic nitrogens is 2. The maximum absolute atomic E-state index is 11.9. The Morgan fingerprint density at radius 2 is 1.81 bits per heavy atom. The second-order valence-electron chi connectivity index (χ2n) is 5.72. The van der Waals surface area contributed by atoms with E-state index in [1.807, 2.05) is 0 Å². The third kappa shape index (κ3) is 7.10. The Kier molecular flexibility index (Phi) is 7.88. The standard InChI is InChI=1S/C17H21ClN4O4/c18-13-8-6-12(7-9-13)16(24)20-11-10-19-15(23)5-3-1-2-4-14-21-17(25)26-22-14/h6-9H,1-5,10-11H2,(H,19,23)(H,20,24)(H,21,22,25). The molecule has 26 heavy (non-hydrogen) atoms. The molecule has 0 radical (unpaired) electrons. The minimum absolute atomic E-state index is 0.0550. The lowest BCUT2D eigenvalue weighted by atomic mass is 10.1. The maximum atomic E-state index is 11.9. The van der Waals surface area contributed by atoms with Crippen LogP contribution in [0.2, 0.25) is 5.02 Å². The molecule has 0 spiro atoms. The zero-order valence-electron chi connectivity index (χ0n) is 14.2. The van der Waals surface area contributed by atoms with Crippen molar-refractivity contribution in [2.24, 2.45) is 0 Å². The van der Waals surface area contributed by atoms with Gasteiger partial charge in [0.2, 0.25) is 5.91 Å². The van der Waals surface area contributed by atoms with Crippen molar-refractivity contribution in [3.05, 3.63) is 51.2 Å². The number of aryl methyl sites for hydroxylation is 1. The number of aromatic amines is 1. The molecular weight excluding hydrogens is 360 g/mol. The van der Waals surface area contributed by atoms with Crippen LogP contribution in [0.25, 0.3) is 0 Å². The van der Waals surface area contributed by atoms with E-state index >= 15 is 0 Å². The second-order valence-corrected chi connectivity index (χ2v) is 6.15. The molecule has 3 N–H and O–H groups in total. The number of hydrogen-bond donors (Lipinski definition) is 3. The van der Waals surface area contributed by atoms with E-state index in [1.165, 1.54) is 0 Å². The first-order valence-electron chi connectivity index (χ1n) is 8.40. The first-order valence-corrected chi connectivity index (χ1v) is 8.78. The highest BCUT2D eigenvalue weighted by Crippen LogP contribution is 2.09. The molecule has 8 nitrogen and oxygen atoms in total. The Morgan fingerprint density at radius 3 is 2.50 bits per heavy atom. The topological polar surface area (TPSA) is 117 Å². The lowest BCUT2D eigenvalue weighted by molar-refractivity contribution is -0.121. The van der Waals surface area contributed by atoms with E-state index in [4.69, 9.17) is 11.6 Å². The molecule has 1 heterocycles. The van der Waals surface area contributed by atoms with Gasteiger partial charge < -0.3 is 10.6 Å². The summed E-state index contributed by atoms with van der Waals surface area (Å²) in [6.45, 7) is 0.727. The molecule has 0 bridgehead atoms. The van der Waals surface area contributed by atoms with Gasteiger partial charge in [-0.05, 0) is 37.1 Å². The molecule has 0 aliphatic heterocycles. The van der Waals surface area contributed by atoms with E-state index in [9.17, 15) is 14.4 Å². The van der Waals surface area contributed by atoms with Gasteiger partial charge in [0.25, 0.3) is 5.91 Å². The van der Waals surface area contributed by atoms with Crippen LogP contribution >= 0.6 is 11.6 Å². The van der Waals surface area contributed by atoms with Gasteiger partial charge in [0.1, 0.15) is 0 Å². The number of H-pyrrole nitrogens is 1. The summed E-state index contributed by atoms with van der Waals surface area (Å²) >= 11 is 5.77. The molecule has 0 saturated carbocycles. The predicted molar refractivity (Wildman–Crippen MR) is 96.1 cm³/mol. The fourth-order valence-electron chi connectivity index (χ4n) is 2.29. The van der Waals surface area contributed by atoms with Gasteiger partial charge in [-0.1, -0.05) is 23.2 Å². The smallest absolute Gasteiger partial charge is 0.354 e. The SMILES string of the molecule is O=C(CCCCCc1noc(=O)[nH]1)NCCNC(=O)c1ccc(Cl)cc1. The van der Waals surface area contributed by atoms with Gasteiger partial charge in [-0.2, -0.15) is 0 Å². The molecule has 2 aromatic rings. The van der Waals surface area contributed by atoms with E-state index in [0.29, 0.717) is 42.3 Å². The summed E-state index contributed by atoms with van der Waals surface area (Å²) in [6, 6.07) is 6.59. The minimum Gasteiger partial charge on any atom is -0.354 e. The summed E-state index contributed by atoms with van der Waals surface area (Å²) in [6.07, 6.45) is 3.43. The fourth-order valence-corrected chi connectivity index (χ4v) is 2.42. The average molecular weight is 381 g/mol. The number of benzene rings is 1. The molecule has 0 aliphatic carbocycles. The van der Waals surface area contributed by atoms with Gasteiger partial charge in [-0.3, -0.25) is 19.1 Å². The number of rotatable bonds is 10. The second kappa shape index (κ2) is 10.4. The van der Waals surface area contributed by atoms with Gasteiger partial charge >= 0.3 is 5.76 Å². The van der Waals surface area contributed by atoms with Crippen LogP contribution in [0.1, 0.15) is 41.9 Å². The van der Waals surface area contributed by atoms with Gasteiger partial charge in [0, 0.05) is 36.5 Å². The summed E-state index contributed by atoms with van der Waals surface area (Å²) in [5, 5.41) is 9.64. The summed E-state index contributed by atoms with van der Waals surface area (Å²) in [5.74, 6) is -0.291. The van der Waals surface area contributed by atoms with E-state index in [1.54, 1.807) is 24.3 Å². The molecule has 0 unspecified atom stereocenters. The lowest BCUT2D eigenvalue weighted by Gasteiger charge is -2.07. The van der Waals surface area contributed by atoms with Gasteiger partial charge in [0.15, 0.2) is 5.82 Å². The van der Waals surface area contributed by atoms with Crippen LogP contribution in [-0.2, 0) is 11.2 Å². The zero-order valence-corrected chi connectivity index (χ0v) is 15.0. The zero-order chi connectivity index (χ0) is 18.8. The number of unbranched alkanes of at least 4 members (excludes halogenated alkanes) is 2. The molecule has 1 aromatic carbocycles. The number of carbonyl (C=O) groups is 2. The van der Waals surface area contributed by atoms with Crippen molar-refractivity contribution in [3.63, 3.8) is 0 Å². The molecule has 0 fully saturated rings. The Bertz CT molecular complexity index is 770. The van der Waals surface area contributed by atoms with Crippen LogP contribution in [0.15, 0.2) is 33.6 Å². The molecule has 1 aromatic heterocycles. The quantitative estimate of drug-likeness (QED) is 0.542. The normalized spacial score (nSPS) is 10.5. The number of carbonyl (C=O) groups excluding carboxylic acids is 2. The number of nitrogens with one attached hydrogen (secondary N) is 3. The van der Waals surface area contributed by atoms with E-state index in [-0.39, 0.29) is 11.8 Å². The fraction of sp³-hybridized carbons (Fsp3) is 0.412. The molecule has 0 aliphatic rings. The van der Waals surface area contributed by atoms with Crippen LogP contribution in [0.4, 0.5) is 0 Å². The van der Waals surface area contributed by atoms with Crippen molar-refractivity contribution in [1.82, 2.24) is 20.8 Å². The largest absolute Gasteiger partial charge is 0.438 e. The minimum atomic E-state index is -0.553. The van der Waals surface area contributed by atoms with E-state index in [0.717, 1.165) is 19.3 Å². The van der Waals surface area contributed by atoms with Crippen LogP contribution in [0.5, 0.6) is 0 Å². The van der Waals surface area contributed by atoms with E-state index < -0.39 is 5.76 Å². The number of halogens is 1. The van der Waals surface area contributed by atoms with Crippen molar-refractivity contribution in [2.75, 3.05) is 13.1 Å². The Labute approximate surface area is 155 Å². The van der Waals surface area contributed by atoms with Gasteiger partial charge in [0.05, 0.1) is 0 Å². The molecule has 2 rings (SSSR count). The highest BCUT2D eigenvalue weighted by Gasteiger charge is 2.05. The van der Waals surface area contributed by atoms with E-state index in [2.05, 4.69) is 25.3 Å². The van der Waals surface area contributed by atoms with Crippen molar-refractivity contribution >= 4 is 23.4 Å². The summed E-state index contributed by atoms with van der Waals surface area (Å²) in [7, 11) is 0. The van der Waals surface area contributed by atoms with Crippen molar-refractivity contribution in [3.8, 4) is 0 Å². The third-order valence-electron chi connectivity index (χ3n) is 3.64.